The summed E-state index contributed by atoms with van der Waals surface area (Å²) in [6.07, 6.45) is 1.27. The standard InChI is InChI=1S/C27H32N6O5S/c1-16-13-21(38-31-16)26-29-17(2)23(39-26)25(35)28-14-18(9-12-37-3)24(34)30-22-20-8-5-4-7-19(20)15-32-10-6-11-33(32)27(22)36/h4-5,7-8,13,18,22H,6,9-12,14-15H2,1-3H3,(H,28,35)(H,30,34)/t18-,22+/m1/s1. The molecule has 0 bridgehead atoms. The van der Waals surface area contributed by atoms with Crippen LogP contribution in [-0.4, -0.2) is 71.2 Å². The quantitative estimate of drug-likeness (QED) is 0.414. The zero-order chi connectivity index (χ0) is 27.5. The zero-order valence-electron chi connectivity index (χ0n) is 22.2. The summed E-state index contributed by atoms with van der Waals surface area (Å²) in [5, 5.41) is 14.1. The Kier molecular flexibility index (Phi) is 8.05. The van der Waals surface area contributed by atoms with Gasteiger partial charge in [-0.3, -0.25) is 19.4 Å². The van der Waals surface area contributed by atoms with E-state index < -0.39 is 12.0 Å². The lowest BCUT2D eigenvalue weighted by Crippen LogP contribution is -2.47. The van der Waals surface area contributed by atoms with Crippen molar-refractivity contribution in [2.75, 3.05) is 33.4 Å². The summed E-state index contributed by atoms with van der Waals surface area (Å²) in [5.74, 6) is -0.882. The lowest BCUT2D eigenvalue weighted by molar-refractivity contribution is -0.148. The largest absolute Gasteiger partial charge is 0.385 e. The van der Waals surface area contributed by atoms with Gasteiger partial charge in [-0.1, -0.05) is 29.4 Å². The molecule has 3 aromatic rings. The van der Waals surface area contributed by atoms with Crippen LogP contribution in [0.15, 0.2) is 34.9 Å². The Morgan fingerprint density at radius 2 is 2.08 bits per heavy atom. The highest BCUT2D eigenvalue weighted by atomic mass is 32.1. The number of nitrogens with one attached hydrogen (secondary N) is 2. The maximum Gasteiger partial charge on any atom is 0.264 e. The summed E-state index contributed by atoms with van der Waals surface area (Å²) in [7, 11) is 1.56. The fourth-order valence-corrected chi connectivity index (χ4v) is 5.91. The number of hydrazine groups is 1. The first-order valence-electron chi connectivity index (χ1n) is 13.0. The van der Waals surface area contributed by atoms with Crippen LogP contribution >= 0.6 is 11.3 Å². The number of thiazole rings is 1. The van der Waals surface area contributed by atoms with Gasteiger partial charge in [-0.05, 0) is 37.8 Å². The lowest BCUT2D eigenvalue weighted by atomic mass is 9.98. The van der Waals surface area contributed by atoms with E-state index in [9.17, 15) is 14.4 Å². The summed E-state index contributed by atoms with van der Waals surface area (Å²) < 4.78 is 10.5. The molecule has 12 heteroatoms. The van der Waals surface area contributed by atoms with Crippen LogP contribution in [0.4, 0.5) is 0 Å². The molecular weight excluding hydrogens is 520 g/mol. The third-order valence-electron chi connectivity index (χ3n) is 7.03. The summed E-state index contributed by atoms with van der Waals surface area (Å²) in [6.45, 7) is 6.04. The Morgan fingerprint density at radius 3 is 2.85 bits per heavy atom. The molecule has 2 aliphatic rings. The zero-order valence-corrected chi connectivity index (χ0v) is 23.0. The molecule has 1 saturated heterocycles. The molecule has 1 fully saturated rings. The molecule has 4 heterocycles. The topological polar surface area (TPSA) is 130 Å². The van der Waals surface area contributed by atoms with Crippen molar-refractivity contribution in [3.63, 3.8) is 0 Å². The highest BCUT2D eigenvalue weighted by molar-refractivity contribution is 7.17. The van der Waals surface area contributed by atoms with Gasteiger partial charge in [0.2, 0.25) is 5.91 Å². The molecule has 0 spiro atoms. The third-order valence-corrected chi connectivity index (χ3v) is 8.20. The van der Waals surface area contributed by atoms with Gasteiger partial charge in [-0.25, -0.2) is 9.99 Å². The predicted molar refractivity (Wildman–Crippen MR) is 143 cm³/mol. The Labute approximate surface area is 230 Å². The van der Waals surface area contributed by atoms with Gasteiger partial charge < -0.3 is 19.9 Å². The van der Waals surface area contributed by atoms with Gasteiger partial charge in [0.15, 0.2) is 10.8 Å². The van der Waals surface area contributed by atoms with Crippen LogP contribution < -0.4 is 10.6 Å². The minimum Gasteiger partial charge on any atom is -0.385 e. The Balaban J connectivity index is 1.30. The molecule has 3 amide bonds. The van der Waals surface area contributed by atoms with Crippen LogP contribution in [0.1, 0.15) is 51.1 Å². The van der Waals surface area contributed by atoms with Crippen LogP contribution in [0.5, 0.6) is 0 Å². The first-order chi connectivity index (χ1) is 18.9. The van der Waals surface area contributed by atoms with E-state index >= 15 is 0 Å². The van der Waals surface area contributed by atoms with Crippen molar-refractivity contribution in [2.45, 2.75) is 39.3 Å². The summed E-state index contributed by atoms with van der Waals surface area (Å²) in [5.41, 5.74) is 3.11. The number of amides is 3. The van der Waals surface area contributed by atoms with Crippen LogP contribution in [-0.2, 0) is 20.9 Å². The first-order valence-corrected chi connectivity index (χ1v) is 13.8. The molecule has 0 saturated carbocycles. The van der Waals surface area contributed by atoms with E-state index in [1.54, 1.807) is 25.1 Å². The minimum absolute atomic E-state index is 0.0838. The number of carbonyl (C=O) groups is 3. The first kappa shape index (κ1) is 27.0. The Bertz CT molecular complexity index is 1370. The fourth-order valence-electron chi connectivity index (χ4n) is 4.98. The molecule has 5 rings (SSSR count). The number of ether oxygens (including phenoxy) is 1. The van der Waals surface area contributed by atoms with Gasteiger partial charge in [0.25, 0.3) is 11.8 Å². The van der Waals surface area contributed by atoms with Crippen molar-refractivity contribution >= 4 is 29.1 Å². The second-order valence-electron chi connectivity index (χ2n) is 9.80. The van der Waals surface area contributed by atoms with Gasteiger partial charge in [0, 0.05) is 46.0 Å². The maximum absolute atomic E-state index is 13.6. The Morgan fingerprint density at radius 1 is 1.26 bits per heavy atom. The van der Waals surface area contributed by atoms with E-state index in [-0.39, 0.29) is 24.3 Å². The van der Waals surface area contributed by atoms with Crippen molar-refractivity contribution in [1.29, 1.82) is 0 Å². The van der Waals surface area contributed by atoms with Crippen LogP contribution in [0.25, 0.3) is 10.8 Å². The molecule has 2 atom stereocenters. The second-order valence-corrected chi connectivity index (χ2v) is 10.8. The molecule has 0 aliphatic carbocycles. The monoisotopic (exact) mass is 552 g/mol. The molecule has 39 heavy (non-hydrogen) atoms. The number of carbonyl (C=O) groups excluding carboxylic acids is 3. The van der Waals surface area contributed by atoms with Crippen molar-refractivity contribution in [3.05, 3.63) is 57.7 Å². The van der Waals surface area contributed by atoms with E-state index in [0.717, 1.165) is 29.8 Å². The number of benzene rings is 1. The smallest absolute Gasteiger partial charge is 0.264 e. The molecule has 206 valence electrons. The predicted octanol–water partition coefficient (Wildman–Crippen LogP) is 2.62. The van der Waals surface area contributed by atoms with E-state index in [1.807, 2.05) is 36.2 Å². The van der Waals surface area contributed by atoms with Crippen molar-refractivity contribution in [1.82, 2.24) is 30.8 Å². The summed E-state index contributed by atoms with van der Waals surface area (Å²) >= 11 is 1.21. The number of aromatic nitrogens is 2. The summed E-state index contributed by atoms with van der Waals surface area (Å²) in [4.78, 5) is 45.0. The van der Waals surface area contributed by atoms with Crippen LogP contribution in [0, 0.1) is 19.8 Å². The minimum atomic E-state index is -0.797. The molecule has 0 radical (unpaired) electrons. The van der Waals surface area contributed by atoms with Crippen molar-refractivity contribution in [3.8, 4) is 10.8 Å². The summed E-state index contributed by atoms with van der Waals surface area (Å²) in [6, 6.07) is 8.69. The number of aryl methyl sites for hydroxylation is 2. The van der Waals surface area contributed by atoms with E-state index in [1.165, 1.54) is 11.3 Å². The number of nitrogens with zero attached hydrogens (tertiary/aromatic N) is 4. The van der Waals surface area contributed by atoms with Gasteiger partial charge in [-0.15, -0.1) is 11.3 Å². The van der Waals surface area contributed by atoms with Gasteiger partial charge in [0.1, 0.15) is 10.9 Å². The third kappa shape index (κ3) is 5.72. The number of methoxy groups -OCH3 is 1. The van der Waals surface area contributed by atoms with Crippen molar-refractivity contribution in [2.24, 2.45) is 5.92 Å². The number of hydrogen-bond donors (Lipinski definition) is 2. The molecule has 2 aliphatic heterocycles. The highest BCUT2D eigenvalue weighted by Gasteiger charge is 2.38. The van der Waals surface area contributed by atoms with Crippen LogP contribution in [0.3, 0.4) is 0 Å². The van der Waals surface area contributed by atoms with Gasteiger partial charge in [-0.2, -0.15) is 0 Å². The van der Waals surface area contributed by atoms with Gasteiger partial charge >= 0.3 is 0 Å². The Hall–Kier alpha value is -3.61. The average Bonchev–Trinajstić information content (AvgIpc) is 3.65. The van der Waals surface area contributed by atoms with Gasteiger partial charge in [0.05, 0.1) is 17.3 Å². The molecule has 1 aromatic carbocycles. The molecule has 2 aromatic heterocycles. The average molecular weight is 553 g/mol. The van der Waals surface area contributed by atoms with E-state index in [2.05, 4.69) is 20.8 Å². The normalized spacial score (nSPS) is 17.9. The fraction of sp³-hybridized carbons (Fsp3) is 0.444. The molecule has 2 N–H and O–H groups in total. The molecular formula is C27H32N6O5S. The van der Waals surface area contributed by atoms with E-state index in [0.29, 0.717) is 47.5 Å². The lowest BCUT2D eigenvalue weighted by Gasteiger charge is -2.28. The van der Waals surface area contributed by atoms with E-state index in [4.69, 9.17) is 9.26 Å². The second kappa shape index (κ2) is 11.6. The van der Waals surface area contributed by atoms with Crippen LogP contribution in [0.2, 0.25) is 0 Å². The SMILES string of the molecule is COCC[C@H](CNC(=O)c1sc(-c2cc(C)no2)nc1C)C(=O)N[C@@H]1C(=O)N2CCCN2Cc2ccccc21. The number of rotatable bonds is 9. The maximum atomic E-state index is 13.6. The number of hydrogen-bond acceptors (Lipinski definition) is 9. The van der Waals surface area contributed by atoms with Crippen molar-refractivity contribution < 1.29 is 23.6 Å². The number of fused-ring (bicyclic) bond motifs is 2. The molecule has 11 nitrogen and oxygen atoms in total. The highest BCUT2D eigenvalue weighted by Crippen LogP contribution is 2.30. The molecule has 0 unspecified atom stereocenters.